The third-order valence-corrected chi connectivity index (χ3v) is 4.71. The van der Waals surface area contributed by atoms with Gasteiger partial charge in [0.05, 0.1) is 11.8 Å². The Morgan fingerprint density at radius 2 is 1.91 bits per heavy atom. The molecule has 1 aliphatic heterocycles. The number of rotatable bonds is 9. The Kier molecular flexibility index (Phi) is 7.75. The fourth-order valence-electron chi connectivity index (χ4n) is 2.11. The topological polar surface area (TPSA) is 83.6 Å². The van der Waals surface area contributed by atoms with E-state index >= 15 is 0 Å². The van der Waals surface area contributed by atoms with Gasteiger partial charge in [-0.25, -0.2) is 0 Å². The predicted molar refractivity (Wildman–Crippen MR) is 89.9 cm³/mol. The quantitative estimate of drug-likeness (QED) is 0.637. The molecule has 23 heavy (non-hydrogen) atoms. The molecular formula is C16H26N2O4S. The molecule has 0 aromatic heterocycles. The highest BCUT2D eigenvalue weighted by Gasteiger charge is 2.38. The summed E-state index contributed by atoms with van der Waals surface area (Å²) in [7, 11) is 0. The summed E-state index contributed by atoms with van der Waals surface area (Å²) in [6.45, 7) is 8.00. The number of thioether (sulfide) groups is 1. The molecule has 1 atom stereocenters. The van der Waals surface area contributed by atoms with Crippen LogP contribution in [0.1, 0.15) is 40.5 Å². The van der Waals surface area contributed by atoms with Crippen molar-refractivity contribution in [3.63, 3.8) is 0 Å². The fraction of sp³-hybridized carbons (Fsp3) is 0.750. The minimum Gasteiger partial charge on any atom is -0.349 e. The third-order valence-electron chi connectivity index (χ3n) is 3.50. The molecule has 6 nitrogen and oxygen atoms in total. The molecule has 1 heterocycles. The summed E-state index contributed by atoms with van der Waals surface area (Å²) in [6.07, 6.45) is 0.446. The van der Waals surface area contributed by atoms with Gasteiger partial charge < -0.3 is 5.32 Å². The highest BCUT2D eigenvalue weighted by Crippen LogP contribution is 2.26. The first-order valence-corrected chi connectivity index (χ1v) is 9.02. The van der Waals surface area contributed by atoms with Crippen molar-refractivity contribution in [1.29, 1.82) is 0 Å². The average molecular weight is 342 g/mol. The van der Waals surface area contributed by atoms with Gasteiger partial charge in [-0.3, -0.25) is 24.1 Å². The normalized spacial score (nSPS) is 18.2. The maximum Gasteiger partial charge on any atom is 0.242 e. The zero-order chi connectivity index (χ0) is 17.6. The zero-order valence-electron chi connectivity index (χ0n) is 14.3. The number of imide groups is 1. The van der Waals surface area contributed by atoms with Crippen LogP contribution in [0.3, 0.4) is 0 Å². The SMILES string of the molecule is CC(C)CN1C(=O)CC(SCCC(=O)NCC(=O)C(C)C)C1=O. The van der Waals surface area contributed by atoms with Gasteiger partial charge >= 0.3 is 0 Å². The number of hydrogen-bond donors (Lipinski definition) is 1. The van der Waals surface area contributed by atoms with E-state index in [9.17, 15) is 19.2 Å². The van der Waals surface area contributed by atoms with E-state index in [0.717, 1.165) is 0 Å². The van der Waals surface area contributed by atoms with Crippen LogP contribution < -0.4 is 5.32 Å². The smallest absolute Gasteiger partial charge is 0.242 e. The zero-order valence-corrected chi connectivity index (χ0v) is 15.1. The summed E-state index contributed by atoms with van der Waals surface area (Å²) >= 11 is 1.34. The van der Waals surface area contributed by atoms with Crippen LogP contribution in [0.4, 0.5) is 0 Å². The Bertz CT molecular complexity index is 477. The Balaban J connectivity index is 2.31. The standard InChI is InChI=1S/C16H26N2O4S/c1-10(2)9-18-15(21)7-13(16(18)22)23-6-5-14(20)17-8-12(19)11(3)4/h10-11,13H,5-9H2,1-4H3,(H,17,20). The number of carbonyl (C=O) groups is 4. The fourth-order valence-corrected chi connectivity index (χ4v) is 3.23. The van der Waals surface area contributed by atoms with Gasteiger partial charge in [0.25, 0.3) is 0 Å². The van der Waals surface area contributed by atoms with Crippen molar-refractivity contribution in [3.8, 4) is 0 Å². The summed E-state index contributed by atoms with van der Waals surface area (Å²) < 4.78 is 0. The van der Waals surface area contributed by atoms with E-state index < -0.39 is 0 Å². The number of amides is 3. The Labute approximate surface area is 141 Å². The van der Waals surface area contributed by atoms with Crippen LogP contribution in [0.15, 0.2) is 0 Å². The van der Waals surface area contributed by atoms with Crippen LogP contribution >= 0.6 is 11.8 Å². The summed E-state index contributed by atoms with van der Waals surface area (Å²) in [5, 5.41) is 2.20. The van der Waals surface area contributed by atoms with Crippen LogP contribution in [0.2, 0.25) is 0 Å². The molecule has 1 rings (SSSR count). The number of carbonyl (C=O) groups excluding carboxylic acids is 4. The van der Waals surface area contributed by atoms with Gasteiger partial charge in [-0.05, 0) is 5.92 Å². The van der Waals surface area contributed by atoms with Crippen LogP contribution in [-0.2, 0) is 19.2 Å². The molecule has 7 heteroatoms. The van der Waals surface area contributed by atoms with E-state index in [1.165, 1.54) is 16.7 Å². The lowest BCUT2D eigenvalue weighted by atomic mass is 10.1. The van der Waals surface area contributed by atoms with E-state index in [0.29, 0.717) is 12.3 Å². The summed E-state index contributed by atoms with van der Waals surface area (Å²) in [5.41, 5.74) is 0. The van der Waals surface area contributed by atoms with Gasteiger partial charge in [-0.15, -0.1) is 11.8 Å². The highest BCUT2D eigenvalue weighted by atomic mass is 32.2. The molecule has 0 spiro atoms. The number of nitrogens with one attached hydrogen (secondary N) is 1. The molecule has 0 saturated carbocycles. The van der Waals surface area contributed by atoms with Crippen LogP contribution in [0, 0.1) is 11.8 Å². The van der Waals surface area contributed by atoms with E-state index in [-0.39, 0.29) is 60.0 Å². The lowest BCUT2D eigenvalue weighted by Gasteiger charge is -2.16. The molecule has 1 saturated heterocycles. The van der Waals surface area contributed by atoms with Gasteiger partial charge in [0, 0.05) is 31.1 Å². The first-order valence-electron chi connectivity index (χ1n) is 7.97. The predicted octanol–water partition coefficient (Wildman–Crippen LogP) is 1.23. The molecule has 1 unspecified atom stereocenters. The van der Waals surface area contributed by atoms with E-state index in [4.69, 9.17) is 0 Å². The lowest BCUT2D eigenvalue weighted by molar-refractivity contribution is -0.138. The van der Waals surface area contributed by atoms with Crippen LogP contribution in [-0.4, -0.2) is 52.5 Å². The van der Waals surface area contributed by atoms with E-state index in [1.807, 2.05) is 13.8 Å². The molecule has 130 valence electrons. The average Bonchev–Trinajstić information content (AvgIpc) is 2.72. The monoisotopic (exact) mass is 342 g/mol. The minimum atomic E-state index is -0.383. The molecule has 1 aliphatic rings. The molecule has 0 bridgehead atoms. The van der Waals surface area contributed by atoms with Crippen LogP contribution in [0.5, 0.6) is 0 Å². The molecule has 1 N–H and O–H groups in total. The molecule has 0 radical (unpaired) electrons. The van der Waals surface area contributed by atoms with Gasteiger partial charge in [-0.2, -0.15) is 0 Å². The second-order valence-electron chi connectivity index (χ2n) is 6.45. The molecular weight excluding hydrogens is 316 g/mol. The largest absolute Gasteiger partial charge is 0.349 e. The van der Waals surface area contributed by atoms with Gasteiger partial charge in [-0.1, -0.05) is 27.7 Å². The van der Waals surface area contributed by atoms with Crippen LogP contribution in [0.25, 0.3) is 0 Å². The van der Waals surface area contributed by atoms with Crippen molar-refractivity contribution in [2.75, 3.05) is 18.8 Å². The second-order valence-corrected chi connectivity index (χ2v) is 7.76. The van der Waals surface area contributed by atoms with Crippen molar-refractivity contribution in [3.05, 3.63) is 0 Å². The first-order chi connectivity index (χ1) is 10.7. The molecule has 0 aromatic rings. The number of likely N-dealkylation sites (tertiary alicyclic amines) is 1. The van der Waals surface area contributed by atoms with E-state index in [2.05, 4.69) is 5.32 Å². The molecule has 0 aliphatic carbocycles. The maximum atomic E-state index is 12.2. The van der Waals surface area contributed by atoms with Crippen molar-refractivity contribution < 1.29 is 19.2 Å². The summed E-state index contributed by atoms with van der Waals surface area (Å²) in [5.74, 6) is 0.113. The summed E-state index contributed by atoms with van der Waals surface area (Å²) in [6, 6.07) is 0. The first kappa shape index (κ1) is 19.7. The molecule has 1 fully saturated rings. The van der Waals surface area contributed by atoms with Gasteiger partial charge in [0.15, 0.2) is 5.78 Å². The third kappa shape index (κ3) is 6.33. The van der Waals surface area contributed by atoms with Crippen molar-refractivity contribution >= 4 is 35.3 Å². The minimum absolute atomic E-state index is 0.00750. The Hall–Kier alpha value is -1.37. The number of Topliss-reactive ketones (excluding diaryl/α,β-unsaturated/α-hetero) is 1. The molecule has 3 amide bonds. The van der Waals surface area contributed by atoms with Crippen molar-refractivity contribution in [1.82, 2.24) is 10.2 Å². The van der Waals surface area contributed by atoms with Crippen molar-refractivity contribution in [2.24, 2.45) is 11.8 Å². The number of hydrogen-bond acceptors (Lipinski definition) is 5. The second kappa shape index (κ2) is 9.05. The van der Waals surface area contributed by atoms with Crippen molar-refractivity contribution in [2.45, 2.75) is 45.8 Å². The lowest BCUT2D eigenvalue weighted by Crippen LogP contribution is -2.34. The highest BCUT2D eigenvalue weighted by molar-refractivity contribution is 8.00. The maximum absolute atomic E-state index is 12.2. The van der Waals surface area contributed by atoms with Gasteiger partial charge in [0.2, 0.25) is 17.7 Å². The van der Waals surface area contributed by atoms with Gasteiger partial charge in [0.1, 0.15) is 0 Å². The Morgan fingerprint density at radius 3 is 2.48 bits per heavy atom. The number of ketones is 1. The van der Waals surface area contributed by atoms with E-state index in [1.54, 1.807) is 13.8 Å². The molecule has 0 aromatic carbocycles. The summed E-state index contributed by atoms with van der Waals surface area (Å²) in [4.78, 5) is 48.4. The Morgan fingerprint density at radius 1 is 1.26 bits per heavy atom. The number of nitrogens with zero attached hydrogens (tertiary/aromatic N) is 1.